The predicted molar refractivity (Wildman–Crippen MR) is 45.6 cm³/mol. The van der Waals surface area contributed by atoms with Gasteiger partial charge in [-0.1, -0.05) is 33.5 Å². The van der Waals surface area contributed by atoms with Crippen molar-refractivity contribution in [1.29, 1.82) is 0 Å². The van der Waals surface area contributed by atoms with Crippen LogP contribution in [0.3, 0.4) is 0 Å². The van der Waals surface area contributed by atoms with Gasteiger partial charge in [0.15, 0.2) is 0 Å². The van der Waals surface area contributed by atoms with Crippen molar-refractivity contribution in [2.45, 2.75) is 9.84 Å². The zero-order valence-corrected chi connectivity index (χ0v) is 8.71. The molecule has 6 rings (SSSR count). The molecule has 52 valence electrons. The minimum absolute atomic E-state index is 0. The number of halogens is 1. The van der Waals surface area contributed by atoms with Gasteiger partial charge in [0.2, 0.25) is 0 Å². The number of hydrogen-bond donors (Lipinski definition) is 0. The first-order valence-electron chi connectivity index (χ1n) is 4.41. The van der Waals surface area contributed by atoms with E-state index in [2.05, 4.69) is 22.6 Å². The molecule has 0 saturated heterocycles. The maximum atomic E-state index is 2.78. The molecule has 6 aliphatic rings. The van der Waals surface area contributed by atoms with Crippen LogP contribution in [0.4, 0.5) is 0 Å². The van der Waals surface area contributed by atoms with E-state index in [1.807, 2.05) is 5.92 Å². The Kier molecular flexibility index (Phi) is 0.860. The maximum absolute atomic E-state index is 2.78. The molecule has 0 aromatic heterocycles. The van der Waals surface area contributed by atoms with Gasteiger partial charge >= 0.3 is 18.9 Å². The van der Waals surface area contributed by atoms with E-state index in [-0.39, 0.29) is 18.9 Å². The zero-order valence-electron chi connectivity index (χ0n) is 6.55. The molecule has 0 aromatic carbocycles. The minimum atomic E-state index is 0. The fraction of sp³-hybridized carbons (Fsp3) is 0.889. The van der Waals surface area contributed by atoms with Crippen LogP contribution < -0.4 is 18.9 Å². The largest absolute Gasteiger partial charge is 1.00 e. The minimum Gasteiger partial charge on any atom is -0.295 e. The average Bonchev–Trinajstić information content (AvgIpc) is 2.65. The summed E-state index contributed by atoms with van der Waals surface area (Å²) in [6.07, 6.45) is 1.64. The Morgan fingerprint density at radius 2 is 1.73 bits per heavy atom. The van der Waals surface area contributed by atoms with Crippen molar-refractivity contribution in [2.24, 2.45) is 35.5 Å². The summed E-state index contributed by atoms with van der Waals surface area (Å²) in [6.45, 7) is 0. The van der Waals surface area contributed by atoms with Gasteiger partial charge in [0.05, 0.1) is 0 Å². The molecule has 0 radical (unpaired) electrons. The molecule has 0 amide bonds. The molecule has 0 spiro atoms. The zero-order chi connectivity index (χ0) is 6.25. The van der Waals surface area contributed by atoms with Crippen LogP contribution in [0.15, 0.2) is 0 Å². The van der Waals surface area contributed by atoms with Crippen LogP contribution in [-0.2, 0) is 0 Å². The van der Waals surface area contributed by atoms with Crippen LogP contribution in [-0.4, -0.2) is 3.42 Å². The summed E-state index contributed by atoms with van der Waals surface area (Å²) >= 11 is 2.78. The van der Waals surface area contributed by atoms with E-state index >= 15 is 0 Å². The summed E-state index contributed by atoms with van der Waals surface area (Å²) in [5.41, 5.74) is 0. The molecule has 0 aliphatic heterocycles. The third kappa shape index (κ3) is 0.374. The SMILES string of the molecule is IC12[C-]3[C@H]4[C@H]5C[C@@H]([C@H]34)[C@H]1[C@@H]52.[Li+]. The van der Waals surface area contributed by atoms with E-state index < -0.39 is 0 Å². The molecule has 0 heterocycles. The topological polar surface area (TPSA) is 0 Å². The van der Waals surface area contributed by atoms with Crippen molar-refractivity contribution in [3.8, 4) is 0 Å². The second-order valence-corrected chi connectivity index (χ2v) is 6.67. The number of alkyl halides is 1. The van der Waals surface area contributed by atoms with Crippen LogP contribution in [0, 0.1) is 41.4 Å². The summed E-state index contributed by atoms with van der Waals surface area (Å²) in [5.74, 6) is 9.28. The standard InChI is InChI=1S/C9H8I.Li/c10-9-6-2-1-3(7(6)9)5-4(2)8(5)9;/h2-7H,1H2;/q-1;+1/t2-,3+,4-,5-,6-,7+,9?;/m0./s1. The first-order valence-corrected chi connectivity index (χ1v) is 5.49. The Bertz CT molecular complexity index is 241. The summed E-state index contributed by atoms with van der Waals surface area (Å²) in [6, 6.07) is 0. The third-order valence-corrected chi connectivity index (χ3v) is 7.14. The second kappa shape index (κ2) is 1.40. The third-order valence-electron chi connectivity index (χ3n) is 5.08. The van der Waals surface area contributed by atoms with Gasteiger partial charge in [-0.2, -0.15) is 11.8 Å². The number of hydrogen-bond acceptors (Lipinski definition) is 0. The number of rotatable bonds is 0. The van der Waals surface area contributed by atoms with E-state index in [1.54, 1.807) is 6.42 Å². The Morgan fingerprint density at radius 1 is 1.18 bits per heavy atom. The molecule has 7 atom stereocenters. The molecule has 6 fully saturated rings. The fourth-order valence-electron chi connectivity index (χ4n) is 5.11. The first-order chi connectivity index (χ1) is 4.85. The summed E-state index contributed by atoms with van der Waals surface area (Å²) in [7, 11) is 0. The maximum Gasteiger partial charge on any atom is 1.00 e. The van der Waals surface area contributed by atoms with E-state index in [0.717, 1.165) is 3.42 Å². The fourth-order valence-corrected chi connectivity index (χ4v) is 7.34. The first kappa shape index (κ1) is 6.73. The van der Waals surface area contributed by atoms with Gasteiger partial charge in [0.25, 0.3) is 0 Å². The molecule has 11 heavy (non-hydrogen) atoms. The second-order valence-electron chi connectivity index (χ2n) is 4.89. The van der Waals surface area contributed by atoms with Crippen molar-refractivity contribution < 1.29 is 18.9 Å². The van der Waals surface area contributed by atoms with Gasteiger partial charge in [-0.05, 0) is 0 Å². The Balaban J connectivity index is 0.000000392. The molecule has 0 nitrogen and oxygen atoms in total. The van der Waals surface area contributed by atoms with Crippen LogP contribution in [0.5, 0.6) is 0 Å². The van der Waals surface area contributed by atoms with Crippen molar-refractivity contribution in [3.05, 3.63) is 5.92 Å². The van der Waals surface area contributed by atoms with E-state index in [1.165, 1.54) is 35.5 Å². The van der Waals surface area contributed by atoms with Crippen molar-refractivity contribution in [3.63, 3.8) is 0 Å². The van der Waals surface area contributed by atoms with Gasteiger partial charge in [0.1, 0.15) is 0 Å². The smallest absolute Gasteiger partial charge is 0.295 e. The van der Waals surface area contributed by atoms with E-state index in [4.69, 9.17) is 0 Å². The normalized spacial score (nSPS) is 83.7. The molecule has 1 unspecified atom stereocenters. The predicted octanol–water partition coefficient (Wildman–Crippen LogP) is -1.11. The molecule has 2 heteroatoms. The van der Waals surface area contributed by atoms with Gasteiger partial charge in [-0.15, -0.1) is 22.6 Å². The summed E-state index contributed by atoms with van der Waals surface area (Å²) in [5, 5.41) is 0. The van der Waals surface area contributed by atoms with E-state index in [0.29, 0.717) is 0 Å². The van der Waals surface area contributed by atoms with E-state index in [9.17, 15) is 0 Å². The van der Waals surface area contributed by atoms with Crippen LogP contribution >= 0.6 is 22.6 Å². The molecule has 0 aromatic rings. The molecule has 2 bridgehead atoms. The van der Waals surface area contributed by atoms with Crippen LogP contribution in [0.1, 0.15) is 6.42 Å². The van der Waals surface area contributed by atoms with Gasteiger partial charge in [0, 0.05) is 0 Å². The molecule has 6 aliphatic carbocycles. The van der Waals surface area contributed by atoms with Crippen LogP contribution in [0.2, 0.25) is 0 Å². The molecule has 0 N–H and O–H groups in total. The molecule has 6 saturated carbocycles. The van der Waals surface area contributed by atoms with Crippen molar-refractivity contribution in [2.75, 3.05) is 0 Å². The molecular formula is C9H8ILi. The van der Waals surface area contributed by atoms with Crippen molar-refractivity contribution >= 4 is 22.6 Å². The van der Waals surface area contributed by atoms with Gasteiger partial charge in [-0.25, -0.2) is 0 Å². The monoisotopic (exact) mass is 250 g/mol. The van der Waals surface area contributed by atoms with Crippen molar-refractivity contribution in [1.82, 2.24) is 0 Å². The Labute approximate surface area is 92.2 Å². The summed E-state index contributed by atoms with van der Waals surface area (Å²) < 4.78 is 0.834. The Morgan fingerprint density at radius 3 is 1.91 bits per heavy atom. The summed E-state index contributed by atoms with van der Waals surface area (Å²) in [4.78, 5) is 0. The molecular weight excluding hydrogens is 242 g/mol. The Hall–Kier alpha value is 1.33. The van der Waals surface area contributed by atoms with Crippen LogP contribution in [0.25, 0.3) is 0 Å². The quantitative estimate of drug-likeness (QED) is 0.221. The average molecular weight is 250 g/mol. The van der Waals surface area contributed by atoms with Gasteiger partial charge in [-0.3, -0.25) is 5.92 Å². The van der Waals surface area contributed by atoms with Gasteiger partial charge < -0.3 is 0 Å².